The largest absolute Gasteiger partial charge is 0.497 e. The minimum absolute atomic E-state index is 0.443. The van der Waals surface area contributed by atoms with E-state index in [0.29, 0.717) is 22.6 Å². The van der Waals surface area contributed by atoms with Gasteiger partial charge >= 0.3 is 0 Å². The van der Waals surface area contributed by atoms with E-state index < -0.39 is 4.33 Å². The zero-order valence-corrected chi connectivity index (χ0v) is 7.21. The average Bonchev–Trinajstić information content (AvgIpc) is 2.05. The van der Waals surface area contributed by atoms with Gasteiger partial charge in [-0.25, -0.2) is 0 Å². The molecule has 12 heavy (non-hydrogen) atoms. The van der Waals surface area contributed by atoms with Gasteiger partial charge in [0.1, 0.15) is 10.1 Å². The van der Waals surface area contributed by atoms with Crippen LogP contribution < -0.4 is 4.74 Å². The molecular weight excluding hydrogens is 178 g/mol. The van der Waals surface area contributed by atoms with Gasteiger partial charge in [0.15, 0.2) is 0 Å². The summed E-state index contributed by atoms with van der Waals surface area (Å²) >= 11 is 0.584. The Hall–Kier alpha value is -1.23. The van der Waals surface area contributed by atoms with Crippen LogP contribution in [0.2, 0.25) is 0 Å². The van der Waals surface area contributed by atoms with E-state index in [1.165, 1.54) is 0 Å². The van der Waals surface area contributed by atoms with Crippen molar-refractivity contribution in [2.45, 2.75) is 4.90 Å². The Morgan fingerprint density at radius 3 is 2.42 bits per heavy atom. The standard InChI is InChI=1S/C7H7NO3S/c1-11-6-2-4-7(5-3-6)12-8(9)10/h2-5H,1H3. The van der Waals surface area contributed by atoms with Crippen LogP contribution in [0.25, 0.3) is 0 Å². The second-order valence-corrected chi connectivity index (χ2v) is 2.94. The Labute approximate surface area is 73.8 Å². The van der Waals surface area contributed by atoms with Gasteiger partial charge in [0.25, 0.3) is 11.9 Å². The van der Waals surface area contributed by atoms with Crippen LogP contribution in [-0.2, 0) is 0 Å². The van der Waals surface area contributed by atoms with Crippen LogP contribution in [0.3, 0.4) is 0 Å². The molecule has 0 radical (unpaired) electrons. The molecule has 0 heterocycles. The Balaban J connectivity index is 2.71. The van der Waals surface area contributed by atoms with Gasteiger partial charge in [-0.1, -0.05) is 0 Å². The molecule has 0 atom stereocenters. The SMILES string of the molecule is COc1ccc(S[N+](=O)[O-])cc1. The number of benzene rings is 1. The van der Waals surface area contributed by atoms with Crippen molar-refractivity contribution in [2.24, 2.45) is 0 Å². The lowest BCUT2D eigenvalue weighted by Gasteiger charge is -1.97. The molecule has 0 spiro atoms. The molecule has 0 unspecified atom stereocenters. The number of hydrogen-bond acceptors (Lipinski definition) is 4. The smallest absolute Gasteiger partial charge is 0.265 e. The number of nitrogens with zero attached hydrogens (tertiary/aromatic N) is 1. The summed E-state index contributed by atoms with van der Waals surface area (Å²) in [5.41, 5.74) is 0. The second kappa shape index (κ2) is 3.96. The van der Waals surface area contributed by atoms with E-state index in [2.05, 4.69) is 0 Å². The van der Waals surface area contributed by atoms with Gasteiger partial charge in [-0.15, -0.1) is 0 Å². The molecule has 0 saturated carbocycles. The summed E-state index contributed by atoms with van der Waals surface area (Å²) in [4.78, 5) is 10.7. The van der Waals surface area contributed by atoms with Crippen LogP contribution >= 0.6 is 11.9 Å². The highest BCUT2D eigenvalue weighted by Gasteiger charge is 2.03. The molecule has 1 aromatic rings. The second-order valence-electron chi connectivity index (χ2n) is 1.99. The fourth-order valence-corrected chi connectivity index (χ4v) is 1.15. The summed E-state index contributed by atoms with van der Waals surface area (Å²) in [5.74, 6) is 0.697. The number of hydrogen-bond donors (Lipinski definition) is 0. The third-order valence-corrected chi connectivity index (χ3v) is 1.87. The van der Waals surface area contributed by atoms with Crippen molar-refractivity contribution < 1.29 is 9.07 Å². The number of methoxy groups -OCH3 is 1. The highest BCUT2D eigenvalue weighted by molar-refractivity contribution is 7.93. The van der Waals surface area contributed by atoms with Crippen molar-refractivity contribution in [3.63, 3.8) is 0 Å². The molecule has 0 aliphatic rings. The summed E-state index contributed by atoms with van der Waals surface area (Å²) in [6, 6.07) is 6.66. The van der Waals surface area contributed by atoms with Crippen molar-refractivity contribution in [1.29, 1.82) is 0 Å². The van der Waals surface area contributed by atoms with E-state index in [-0.39, 0.29) is 0 Å². The quantitative estimate of drug-likeness (QED) is 0.410. The van der Waals surface area contributed by atoms with E-state index in [4.69, 9.17) is 4.74 Å². The molecular formula is C7H7NO3S. The molecule has 1 aromatic carbocycles. The molecule has 0 bridgehead atoms. The predicted molar refractivity (Wildman–Crippen MR) is 45.8 cm³/mol. The Bertz CT molecular complexity index is 272. The maximum atomic E-state index is 10.1. The molecule has 1 rings (SSSR count). The van der Waals surface area contributed by atoms with E-state index in [0.717, 1.165) is 0 Å². The summed E-state index contributed by atoms with van der Waals surface area (Å²) < 4.78 is 4.45. The van der Waals surface area contributed by atoms with E-state index in [9.17, 15) is 10.1 Å². The molecule has 0 aliphatic carbocycles. The molecule has 0 saturated heterocycles. The Morgan fingerprint density at radius 1 is 1.42 bits per heavy atom. The summed E-state index contributed by atoms with van der Waals surface area (Å²) in [6.45, 7) is 0. The van der Waals surface area contributed by atoms with Gasteiger partial charge in [-0.2, -0.15) is 0 Å². The monoisotopic (exact) mass is 185 g/mol. The molecule has 0 aliphatic heterocycles. The fraction of sp³-hybridized carbons (Fsp3) is 0.143. The first kappa shape index (κ1) is 8.86. The first-order valence-electron chi connectivity index (χ1n) is 3.19. The third kappa shape index (κ3) is 2.43. The van der Waals surface area contributed by atoms with Gasteiger partial charge in [0.2, 0.25) is 0 Å². The van der Waals surface area contributed by atoms with Crippen LogP contribution in [0.5, 0.6) is 5.75 Å². The molecule has 0 fully saturated rings. The van der Waals surface area contributed by atoms with Crippen molar-refractivity contribution in [2.75, 3.05) is 7.11 Å². The van der Waals surface area contributed by atoms with Crippen molar-refractivity contribution in [3.05, 3.63) is 34.4 Å². The van der Waals surface area contributed by atoms with Gasteiger partial charge in [0.05, 0.1) is 12.0 Å². The maximum absolute atomic E-state index is 10.1. The predicted octanol–water partition coefficient (Wildman–Crippen LogP) is 1.98. The van der Waals surface area contributed by atoms with Gasteiger partial charge in [-0.05, 0) is 24.3 Å². The highest BCUT2D eigenvalue weighted by atomic mass is 32.2. The fourth-order valence-electron chi connectivity index (χ4n) is 0.723. The lowest BCUT2D eigenvalue weighted by molar-refractivity contribution is -0.284. The van der Waals surface area contributed by atoms with Gasteiger partial charge in [-0.3, -0.25) is 10.1 Å². The van der Waals surface area contributed by atoms with Crippen LogP contribution in [0.15, 0.2) is 29.2 Å². The lowest BCUT2D eigenvalue weighted by Crippen LogP contribution is -1.84. The zero-order chi connectivity index (χ0) is 8.97. The topological polar surface area (TPSA) is 52.4 Å². The van der Waals surface area contributed by atoms with Gasteiger partial charge < -0.3 is 4.74 Å². The van der Waals surface area contributed by atoms with E-state index in [1.807, 2.05) is 0 Å². The van der Waals surface area contributed by atoms with Crippen LogP contribution in [0.4, 0.5) is 0 Å². The Kier molecular flexibility index (Phi) is 2.93. The normalized spacial score (nSPS) is 9.42. The first-order chi connectivity index (χ1) is 5.72. The summed E-state index contributed by atoms with van der Waals surface area (Å²) in [6.07, 6.45) is 0. The third-order valence-electron chi connectivity index (χ3n) is 1.24. The highest BCUT2D eigenvalue weighted by Crippen LogP contribution is 2.20. The zero-order valence-electron chi connectivity index (χ0n) is 6.39. The average molecular weight is 185 g/mol. The van der Waals surface area contributed by atoms with E-state index >= 15 is 0 Å². The molecule has 5 heteroatoms. The number of rotatable bonds is 3. The van der Waals surface area contributed by atoms with E-state index in [1.54, 1.807) is 31.4 Å². The van der Waals surface area contributed by atoms with Crippen molar-refractivity contribution >= 4 is 11.9 Å². The number of nitro groups is 1. The first-order valence-corrected chi connectivity index (χ1v) is 3.96. The van der Waals surface area contributed by atoms with Crippen molar-refractivity contribution in [3.8, 4) is 5.75 Å². The number of ether oxygens (including phenoxy) is 1. The minimum atomic E-state index is -0.443. The molecule has 64 valence electrons. The van der Waals surface area contributed by atoms with Crippen LogP contribution in [0.1, 0.15) is 0 Å². The van der Waals surface area contributed by atoms with Crippen LogP contribution in [0, 0.1) is 10.1 Å². The lowest BCUT2D eigenvalue weighted by atomic mass is 10.3. The molecule has 4 nitrogen and oxygen atoms in total. The minimum Gasteiger partial charge on any atom is -0.497 e. The summed E-state index contributed by atoms with van der Waals surface area (Å²) in [5, 5.41) is 10.1. The molecule has 0 aromatic heterocycles. The Morgan fingerprint density at radius 2 is 2.00 bits per heavy atom. The molecule has 0 N–H and O–H groups in total. The molecule has 0 amide bonds. The van der Waals surface area contributed by atoms with Gasteiger partial charge in [0, 0.05) is 0 Å². The summed E-state index contributed by atoms with van der Waals surface area (Å²) in [7, 11) is 1.55. The van der Waals surface area contributed by atoms with Crippen molar-refractivity contribution in [1.82, 2.24) is 0 Å². The maximum Gasteiger partial charge on any atom is 0.265 e. The van der Waals surface area contributed by atoms with Crippen LogP contribution in [-0.4, -0.2) is 11.4 Å².